The average Bonchev–Trinajstić information content (AvgIpc) is 2.81. The Morgan fingerprint density at radius 3 is 2.64 bits per heavy atom. The minimum atomic E-state index is -1.18. The van der Waals surface area contributed by atoms with Crippen molar-refractivity contribution in [1.82, 2.24) is 0 Å². The predicted octanol–water partition coefficient (Wildman–Crippen LogP) is 5.51. The molecule has 0 unspecified atom stereocenters. The first kappa shape index (κ1) is 14.9. The molecule has 0 spiro atoms. The number of rotatable bonds is 2. The van der Waals surface area contributed by atoms with Crippen LogP contribution in [0.25, 0.3) is 21.2 Å². The highest BCUT2D eigenvalue weighted by Crippen LogP contribution is 2.41. The topological polar surface area (TPSA) is 37.3 Å². The standard InChI is InChI=1S/C16H9ClF2O2S/c1-7-4-10(12(19)6-11(7)17)14-9-3-2-8(18)5-13(9)22-15(14)16(20)21/h2-6H,1H3,(H,20,21). The molecule has 0 amide bonds. The Hall–Kier alpha value is -1.98. The fourth-order valence-electron chi connectivity index (χ4n) is 2.34. The van der Waals surface area contributed by atoms with Gasteiger partial charge in [-0.05, 0) is 42.8 Å². The molecule has 3 rings (SSSR count). The van der Waals surface area contributed by atoms with E-state index in [0.29, 0.717) is 15.6 Å². The summed E-state index contributed by atoms with van der Waals surface area (Å²) in [6.45, 7) is 1.71. The fraction of sp³-hybridized carbons (Fsp3) is 0.0625. The first-order valence-electron chi connectivity index (χ1n) is 6.30. The maximum atomic E-state index is 14.3. The first-order chi connectivity index (χ1) is 10.4. The molecule has 0 aliphatic rings. The van der Waals surface area contributed by atoms with Crippen molar-refractivity contribution in [2.75, 3.05) is 0 Å². The lowest BCUT2D eigenvalue weighted by Crippen LogP contribution is -1.97. The maximum absolute atomic E-state index is 14.3. The SMILES string of the molecule is Cc1cc(-c2c(C(=O)O)sc3cc(F)ccc23)c(F)cc1Cl. The summed E-state index contributed by atoms with van der Waals surface area (Å²) in [5, 5.41) is 10.2. The second kappa shape index (κ2) is 5.34. The van der Waals surface area contributed by atoms with Crippen LogP contribution in [0.4, 0.5) is 8.78 Å². The molecular formula is C16H9ClF2O2S. The third-order valence-electron chi connectivity index (χ3n) is 3.36. The number of aryl methyl sites for hydroxylation is 1. The number of hydrogen-bond acceptors (Lipinski definition) is 2. The summed E-state index contributed by atoms with van der Waals surface area (Å²) in [7, 11) is 0. The summed E-state index contributed by atoms with van der Waals surface area (Å²) in [4.78, 5) is 11.5. The van der Waals surface area contributed by atoms with Crippen LogP contribution in [0.2, 0.25) is 5.02 Å². The lowest BCUT2D eigenvalue weighted by atomic mass is 9.99. The van der Waals surface area contributed by atoms with Crippen LogP contribution in [0.15, 0.2) is 30.3 Å². The molecule has 0 aliphatic heterocycles. The molecule has 1 aromatic heterocycles. The Labute approximate surface area is 133 Å². The molecule has 0 bridgehead atoms. The number of hydrogen-bond donors (Lipinski definition) is 1. The van der Waals surface area contributed by atoms with E-state index in [2.05, 4.69) is 0 Å². The Morgan fingerprint density at radius 1 is 1.23 bits per heavy atom. The third kappa shape index (κ3) is 2.36. The van der Waals surface area contributed by atoms with Crippen LogP contribution in [0.3, 0.4) is 0 Å². The number of carbonyl (C=O) groups is 1. The van der Waals surface area contributed by atoms with E-state index >= 15 is 0 Å². The quantitative estimate of drug-likeness (QED) is 0.669. The molecule has 1 N–H and O–H groups in total. The van der Waals surface area contributed by atoms with E-state index in [9.17, 15) is 18.7 Å². The third-order valence-corrected chi connectivity index (χ3v) is 4.91. The molecule has 112 valence electrons. The van der Waals surface area contributed by atoms with Crippen LogP contribution in [-0.4, -0.2) is 11.1 Å². The molecule has 0 aliphatic carbocycles. The molecular weight excluding hydrogens is 330 g/mol. The lowest BCUT2D eigenvalue weighted by molar-refractivity contribution is 0.0703. The van der Waals surface area contributed by atoms with Gasteiger partial charge < -0.3 is 5.11 Å². The van der Waals surface area contributed by atoms with Gasteiger partial charge in [-0.15, -0.1) is 11.3 Å². The Balaban J connectivity index is 2.41. The monoisotopic (exact) mass is 338 g/mol. The second-order valence-corrected chi connectivity index (χ2v) is 6.29. The van der Waals surface area contributed by atoms with Crippen molar-refractivity contribution in [3.8, 4) is 11.1 Å². The van der Waals surface area contributed by atoms with E-state index in [1.54, 1.807) is 6.92 Å². The van der Waals surface area contributed by atoms with Gasteiger partial charge in [0.1, 0.15) is 16.5 Å². The van der Waals surface area contributed by atoms with Crippen LogP contribution >= 0.6 is 22.9 Å². The highest BCUT2D eigenvalue weighted by molar-refractivity contribution is 7.21. The van der Waals surface area contributed by atoms with Crippen molar-refractivity contribution in [1.29, 1.82) is 0 Å². The van der Waals surface area contributed by atoms with Gasteiger partial charge in [0, 0.05) is 26.2 Å². The van der Waals surface area contributed by atoms with Gasteiger partial charge in [-0.3, -0.25) is 0 Å². The summed E-state index contributed by atoms with van der Waals surface area (Å²) >= 11 is 6.81. The molecule has 1 heterocycles. The highest BCUT2D eigenvalue weighted by atomic mass is 35.5. The van der Waals surface area contributed by atoms with E-state index in [0.717, 1.165) is 17.4 Å². The van der Waals surface area contributed by atoms with Crippen molar-refractivity contribution in [3.05, 3.63) is 57.4 Å². The summed E-state index contributed by atoms with van der Waals surface area (Å²) in [5.74, 6) is -2.25. The van der Waals surface area contributed by atoms with E-state index < -0.39 is 17.6 Å². The molecule has 2 nitrogen and oxygen atoms in total. The molecule has 6 heteroatoms. The minimum Gasteiger partial charge on any atom is -0.477 e. The van der Waals surface area contributed by atoms with Gasteiger partial charge in [0.25, 0.3) is 0 Å². The Morgan fingerprint density at radius 2 is 1.95 bits per heavy atom. The van der Waals surface area contributed by atoms with Crippen molar-refractivity contribution in [2.45, 2.75) is 6.92 Å². The van der Waals surface area contributed by atoms with Gasteiger partial charge in [-0.25, -0.2) is 13.6 Å². The first-order valence-corrected chi connectivity index (χ1v) is 7.49. The van der Waals surface area contributed by atoms with Gasteiger partial charge in [0.2, 0.25) is 0 Å². The molecule has 22 heavy (non-hydrogen) atoms. The normalized spacial score (nSPS) is 11.1. The van der Waals surface area contributed by atoms with Crippen LogP contribution in [0.5, 0.6) is 0 Å². The van der Waals surface area contributed by atoms with Crippen molar-refractivity contribution in [2.24, 2.45) is 0 Å². The minimum absolute atomic E-state index is 0.0266. The van der Waals surface area contributed by atoms with Gasteiger partial charge in [0.05, 0.1) is 0 Å². The molecule has 0 radical (unpaired) electrons. The van der Waals surface area contributed by atoms with Crippen molar-refractivity contribution >= 4 is 39.0 Å². The largest absolute Gasteiger partial charge is 0.477 e. The second-order valence-electron chi connectivity index (χ2n) is 4.83. The number of aromatic carboxylic acids is 1. The van der Waals surface area contributed by atoms with E-state index in [-0.39, 0.29) is 21.0 Å². The zero-order valence-corrected chi connectivity index (χ0v) is 12.9. The lowest BCUT2D eigenvalue weighted by Gasteiger charge is -2.07. The summed E-state index contributed by atoms with van der Waals surface area (Å²) in [6, 6.07) is 6.60. The number of carboxylic acids is 1. The Kier molecular flexibility index (Phi) is 3.62. The number of halogens is 3. The highest BCUT2D eigenvalue weighted by Gasteiger charge is 2.22. The number of fused-ring (bicyclic) bond motifs is 1. The van der Waals surface area contributed by atoms with Crippen LogP contribution in [0.1, 0.15) is 15.2 Å². The molecule has 0 fully saturated rings. The smallest absolute Gasteiger partial charge is 0.346 e. The van der Waals surface area contributed by atoms with E-state index in [1.165, 1.54) is 24.3 Å². The number of thiophene rings is 1. The van der Waals surface area contributed by atoms with Crippen LogP contribution < -0.4 is 0 Å². The van der Waals surface area contributed by atoms with Gasteiger partial charge in [0.15, 0.2) is 0 Å². The van der Waals surface area contributed by atoms with Gasteiger partial charge in [-0.2, -0.15) is 0 Å². The molecule has 0 atom stereocenters. The molecule has 2 aromatic carbocycles. The van der Waals surface area contributed by atoms with E-state index in [1.807, 2.05) is 0 Å². The summed E-state index contributed by atoms with van der Waals surface area (Å²) in [6.07, 6.45) is 0. The zero-order chi connectivity index (χ0) is 16.0. The van der Waals surface area contributed by atoms with E-state index in [4.69, 9.17) is 11.6 Å². The summed E-state index contributed by atoms with van der Waals surface area (Å²) < 4.78 is 28.1. The maximum Gasteiger partial charge on any atom is 0.346 e. The molecule has 0 saturated heterocycles. The number of benzene rings is 2. The molecule has 0 saturated carbocycles. The van der Waals surface area contributed by atoms with Crippen molar-refractivity contribution in [3.63, 3.8) is 0 Å². The zero-order valence-electron chi connectivity index (χ0n) is 11.3. The Bertz CT molecular complexity index is 918. The summed E-state index contributed by atoms with van der Waals surface area (Å²) in [5.41, 5.74) is 1.04. The van der Waals surface area contributed by atoms with Gasteiger partial charge in [-0.1, -0.05) is 11.6 Å². The predicted molar refractivity (Wildman–Crippen MR) is 83.9 cm³/mol. The molecule has 3 aromatic rings. The average molecular weight is 339 g/mol. The van der Waals surface area contributed by atoms with Crippen molar-refractivity contribution < 1.29 is 18.7 Å². The van der Waals surface area contributed by atoms with Gasteiger partial charge >= 0.3 is 5.97 Å². The van der Waals surface area contributed by atoms with Crippen LogP contribution in [-0.2, 0) is 0 Å². The van der Waals surface area contributed by atoms with Crippen LogP contribution in [0, 0.1) is 18.6 Å². The fourth-order valence-corrected chi connectivity index (χ4v) is 3.57. The number of carboxylic acid groups (broad SMARTS) is 1.